The highest BCUT2D eigenvalue weighted by Crippen LogP contribution is 2.29. The lowest BCUT2D eigenvalue weighted by molar-refractivity contribution is 0.571. The minimum atomic E-state index is 0.403. The van der Waals surface area contributed by atoms with Gasteiger partial charge in [0.1, 0.15) is 5.82 Å². The smallest absolute Gasteiger partial charge is 0.113 e. The highest BCUT2D eigenvalue weighted by molar-refractivity contribution is 5.76. The second kappa shape index (κ2) is 4.45. The van der Waals surface area contributed by atoms with Crippen molar-refractivity contribution in [2.75, 3.05) is 0 Å². The van der Waals surface area contributed by atoms with Gasteiger partial charge in [-0.1, -0.05) is 50.3 Å². The fraction of sp³-hybridized carbons (Fsp3) is 0.312. The zero-order valence-corrected chi connectivity index (χ0v) is 10.9. The molecule has 3 rings (SSSR count). The Balaban J connectivity index is 2.21. The number of hydrogen-bond acceptors (Lipinski definition) is 1. The van der Waals surface area contributed by atoms with E-state index in [-0.39, 0.29) is 0 Å². The van der Waals surface area contributed by atoms with Gasteiger partial charge in [-0.15, -0.1) is 0 Å². The van der Waals surface area contributed by atoms with Crippen LogP contribution in [0.15, 0.2) is 48.6 Å². The van der Waals surface area contributed by atoms with Gasteiger partial charge in [0, 0.05) is 5.92 Å². The molecule has 92 valence electrons. The van der Waals surface area contributed by atoms with Crippen LogP contribution in [0.1, 0.15) is 38.1 Å². The molecule has 0 saturated heterocycles. The highest BCUT2D eigenvalue weighted by Gasteiger charge is 2.18. The lowest BCUT2D eigenvalue weighted by Crippen LogP contribution is -2.12. The standard InChI is InChI=1S/C16H18N2/c1-12(2)16-17-14-10-6-7-11-15(14)18(16)13-8-4-3-5-9-13/h3-8,10-13H,9H2,1-2H3. The van der Waals surface area contributed by atoms with Crippen molar-refractivity contribution in [1.82, 2.24) is 9.55 Å². The Morgan fingerprint density at radius 2 is 2.06 bits per heavy atom. The first kappa shape index (κ1) is 11.3. The van der Waals surface area contributed by atoms with E-state index in [9.17, 15) is 0 Å². The maximum absolute atomic E-state index is 4.79. The first-order valence-corrected chi connectivity index (χ1v) is 6.57. The van der Waals surface area contributed by atoms with E-state index in [1.54, 1.807) is 0 Å². The summed E-state index contributed by atoms with van der Waals surface area (Å²) in [4.78, 5) is 4.79. The summed E-state index contributed by atoms with van der Waals surface area (Å²) in [6, 6.07) is 8.81. The zero-order valence-electron chi connectivity index (χ0n) is 10.9. The van der Waals surface area contributed by atoms with E-state index < -0.39 is 0 Å². The van der Waals surface area contributed by atoms with Crippen molar-refractivity contribution >= 4 is 11.0 Å². The van der Waals surface area contributed by atoms with Gasteiger partial charge in [0.15, 0.2) is 0 Å². The van der Waals surface area contributed by atoms with Crippen LogP contribution in [-0.4, -0.2) is 9.55 Å². The van der Waals surface area contributed by atoms with Crippen molar-refractivity contribution in [2.45, 2.75) is 32.2 Å². The van der Waals surface area contributed by atoms with E-state index in [1.165, 1.54) is 11.3 Å². The number of para-hydroxylation sites is 2. The Kier molecular flexibility index (Phi) is 2.78. The molecule has 0 bridgehead atoms. The second-order valence-corrected chi connectivity index (χ2v) is 5.10. The first-order chi connectivity index (χ1) is 8.77. The minimum Gasteiger partial charge on any atom is -0.320 e. The van der Waals surface area contributed by atoms with Crippen LogP contribution in [0.2, 0.25) is 0 Å². The number of imidazole rings is 1. The van der Waals surface area contributed by atoms with E-state index >= 15 is 0 Å². The molecule has 1 aromatic carbocycles. The van der Waals surface area contributed by atoms with Gasteiger partial charge in [-0.3, -0.25) is 0 Å². The average Bonchev–Trinajstić information content (AvgIpc) is 2.79. The predicted octanol–water partition coefficient (Wildman–Crippen LogP) is 4.22. The van der Waals surface area contributed by atoms with Crippen LogP contribution in [0.4, 0.5) is 0 Å². The third kappa shape index (κ3) is 1.78. The van der Waals surface area contributed by atoms with E-state index in [4.69, 9.17) is 4.98 Å². The molecule has 2 aromatic rings. The molecule has 0 aliphatic heterocycles. The third-order valence-corrected chi connectivity index (χ3v) is 3.43. The van der Waals surface area contributed by atoms with E-state index in [2.05, 4.69) is 67.0 Å². The monoisotopic (exact) mass is 238 g/mol. The molecular formula is C16H18N2. The Labute approximate surface area is 108 Å². The lowest BCUT2D eigenvalue weighted by Gasteiger charge is -2.20. The van der Waals surface area contributed by atoms with E-state index in [1.807, 2.05) is 0 Å². The molecular weight excluding hydrogens is 220 g/mol. The maximum atomic E-state index is 4.79. The topological polar surface area (TPSA) is 17.8 Å². The fourth-order valence-electron chi connectivity index (χ4n) is 2.58. The third-order valence-electron chi connectivity index (χ3n) is 3.43. The van der Waals surface area contributed by atoms with Crippen molar-refractivity contribution < 1.29 is 0 Å². The molecule has 1 heterocycles. The van der Waals surface area contributed by atoms with E-state index in [0.717, 1.165) is 11.9 Å². The van der Waals surface area contributed by atoms with Gasteiger partial charge in [-0.2, -0.15) is 0 Å². The van der Waals surface area contributed by atoms with Crippen molar-refractivity contribution in [3.63, 3.8) is 0 Å². The molecule has 1 aliphatic carbocycles. The van der Waals surface area contributed by atoms with Crippen LogP contribution in [0.3, 0.4) is 0 Å². The average molecular weight is 238 g/mol. The fourth-order valence-corrected chi connectivity index (χ4v) is 2.58. The number of hydrogen-bond donors (Lipinski definition) is 0. The van der Waals surface area contributed by atoms with E-state index in [0.29, 0.717) is 12.0 Å². The van der Waals surface area contributed by atoms with Crippen molar-refractivity contribution in [1.29, 1.82) is 0 Å². The van der Waals surface area contributed by atoms with Gasteiger partial charge in [0.25, 0.3) is 0 Å². The Bertz CT molecular complexity index is 617. The Morgan fingerprint density at radius 3 is 2.78 bits per heavy atom. The van der Waals surface area contributed by atoms with Crippen LogP contribution in [0, 0.1) is 0 Å². The second-order valence-electron chi connectivity index (χ2n) is 5.10. The molecule has 0 radical (unpaired) electrons. The number of allylic oxidation sites excluding steroid dienone is 4. The number of rotatable bonds is 2. The van der Waals surface area contributed by atoms with Gasteiger partial charge in [0.2, 0.25) is 0 Å². The summed E-state index contributed by atoms with van der Waals surface area (Å²) in [6.07, 6.45) is 9.79. The van der Waals surface area contributed by atoms with Gasteiger partial charge in [-0.25, -0.2) is 4.98 Å². The van der Waals surface area contributed by atoms with Crippen LogP contribution < -0.4 is 0 Å². The quantitative estimate of drug-likeness (QED) is 0.766. The van der Waals surface area contributed by atoms with Crippen LogP contribution in [0.25, 0.3) is 11.0 Å². The molecule has 0 fully saturated rings. The molecule has 18 heavy (non-hydrogen) atoms. The minimum absolute atomic E-state index is 0.403. The summed E-state index contributed by atoms with van der Waals surface area (Å²) in [6.45, 7) is 4.42. The van der Waals surface area contributed by atoms with Crippen molar-refractivity contribution in [3.05, 3.63) is 54.4 Å². The van der Waals surface area contributed by atoms with Gasteiger partial charge in [0.05, 0.1) is 17.1 Å². The van der Waals surface area contributed by atoms with Crippen LogP contribution >= 0.6 is 0 Å². The summed E-state index contributed by atoms with van der Waals surface area (Å²) in [7, 11) is 0. The highest BCUT2D eigenvalue weighted by atomic mass is 15.1. The number of nitrogens with zero attached hydrogens (tertiary/aromatic N) is 2. The molecule has 0 amide bonds. The van der Waals surface area contributed by atoms with Crippen molar-refractivity contribution in [2.24, 2.45) is 0 Å². The van der Waals surface area contributed by atoms with Crippen LogP contribution in [-0.2, 0) is 0 Å². The molecule has 1 aliphatic rings. The largest absolute Gasteiger partial charge is 0.320 e. The van der Waals surface area contributed by atoms with Gasteiger partial charge in [-0.05, 0) is 18.6 Å². The SMILES string of the molecule is CC(C)c1nc2ccccc2n1C1C=CC=CC1. The van der Waals surface area contributed by atoms with Crippen LogP contribution in [0.5, 0.6) is 0 Å². The summed E-state index contributed by atoms with van der Waals surface area (Å²) in [5.41, 5.74) is 2.34. The maximum Gasteiger partial charge on any atom is 0.113 e. The normalized spacial score (nSPS) is 18.9. The van der Waals surface area contributed by atoms with Crippen molar-refractivity contribution in [3.8, 4) is 0 Å². The molecule has 0 spiro atoms. The summed E-state index contributed by atoms with van der Waals surface area (Å²) < 4.78 is 2.39. The number of fused-ring (bicyclic) bond motifs is 1. The summed E-state index contributed by atoms with van der Waals surface area (Å²) >= 11 is 0. The molecule has 2 heteroatoms. The van der Waals surface area contributed by atoms with Gasteiger partial charge < -0.3 is 4.57 Å². The molecule has 2 nitrogen and oxygen atoms in total. The lowest BCUT2D eigenvalue weighted by atomic mass is 10.1. The molecule has 0 N–H and O–H groups in total. The first-order valence-electron chi connectivity index (χ1n) is 6.57. The number of benzene rings is 1. The number of aromatic nitrogens is 2. The molecule has 1 atom stereocenters. The Morgan fingerprint density at radius 1 is 1.22 bits per heavy atom. The zero-order chi connectivity index (χ0) is 12.5. The van der Waals surface area contributed by atoms with Gasteiger partial charge >= 0.3 is 0 Å². The molecule has 1 aromatic heterocycles. The molecule has 1 unspecified atom stereocenters. The predicted molar refractivity (Wildman–Crippen MR) is 75.8 cm³/mol. The molecule has 0 saturated carbocycles. The summed E-state index contributed by atoms with van der Waals surface area (Å²) in [5.74, 6) is 1.62. The Hall–Kier alpha value is -1.83. The summed E-state index contributed by atoms with van der Waals surface area (Å²) in [5, 5.41) is 0.